The largest absolute Gasteiger partial charge is 0.490 e. The van der Waals surface area contributed by atoms with E-state index in [1.54, 1.807) is 18.2 Å². The Labute approximate surface area is 228 Å². The summed E-state index contributed by atoms with van der Waals surface area (Å²) in [7, 11) is -3.89. The Kier molecular flexibility index (Phi) is 6.83. The minimum absolute atomic E-state index is 0.0701. The number of aliphatic hydroxyl groups is 1. The minimum atomic E-state index is -3.89. The molecule has 1 saturated carbocycles. The lowest BCUT2D eigenvalue weighted by Gasteiger charge is -2.45. The van der Waals surface area contributed by atoms with Crippen molar-refractivity contribution in [3.63, 3.8) is 0 Å². The Balaban J connectivity index is 1.42. The molecule has 2 aromatic rings. The van der Waals surface area contributed by atoms with Gasteiger partial charge in [0.25, 0.3) is 5.91 Å². The molecule has 0 radical (unpaired) electrons. The van der Waals surface area contributed by atoms with E-state index in [9.17, 15) is 18.3 Å². The molecule has 2 heterocycles. The average Bonchev–Trinajstić information content (AvgIpc) is 3.01. The summed E-state index contributed by atoms with van der Waals surface area (Å²) in [5.41, 5.74) is 3.27. The number of carbonyl (C=O) groups is 1. The van der Waals surface area contributed by atoms with Crippen LogP contribution in [0.2, 0.25) is 5.02 Å². The maximum atomic E-state index is 13.0. The van der Waals surface area contributed by atoms with E-state index in [4.69, 9.17) is 21.1 Å². The number of fused-ring (bicyclic) bond motifs is 4. The summed E-state index contributed by atoms with van der Waals surface area (Å²) in [6.45, 7) is 1.87. The van der Waals surface area contributed by atoms with Crippen LogP contribution >= 0.6 is 11.6 Å². The molecule has 2 N–H and O–H groups in total. The van der Waals surface area contributed by atoms with Gasteiger partial charge in [-0.1, -0.05) is 17.7 Å². The molecule has 0 aromatic heterocycles. The van der Waals surface area contributed by atoms with Crippen LogP contribution in [0.25, 0.3) is 0 Å². The molecule has 10 heteroatoms. The number of aryl methyl sites for hydroxylation is 1. The Morgan fingerprint density at radius 2 is 2.03 bits per heavy atom. The van der Waals surface area contributed by atoms with Gasteiger partial charge in [-0.2, -0.15) is 0 Å². The van der Waals surface area contributed by atoms with Gasteiger partial charge in [-0.05, 0) is 85.4 Å². The summed E-state index contributed by atoms with van der Waals surface area (Å²) < 4.78 is 39.1. The van der Waals surface area contributed by atoms with Crippen LogP contribution in [-0.4, -0.2) is 64.2 Å². The number of carbonyl (C=O) groups excluding carboxylic acids is 1. The number of sulfonamides is 1. The highest BCUT2D eigenvalue weighted by atomic mass is 35.5. The SMILES string of the molecule is O=C1NS(=O)(=O)CCOC[C@H](O)[C@@H]2CC[C@H]2CN2C[C@@]3(CCCc4cc(Cl)ccc43)COc3ccc1cc32. The van der Waals surface area contributed by atoms with Gasteiger partial charge < -0.3 is 19.5 Å². The van der Waals surface area contributed by atoms with Crippen LogP contribution in [0.5, 0.6) is 5.75 Å². The van der Waals surface area contributed by atoms with Gasteiger partial charge in [0, 0.05) is 29.1 Å². The van der Waals surface area contributed by atoms with Gasteiger partial charge >= 0.3 is 0 Å². The predicted molar refractivity (Wildman–Crippen MR) is 145 cm³/mol. The van der Waals surface area contributed by atoms with Crippen molar-refractivity contribution in [3.8, 4) is 5.75 Å². The van der Waals surface area contributed by atoms with Crippen LogP contribution < -0.4 is 14.4 Å². The van der Waals surface area contributed by atoms with E-state index in [0.29, 0.717) is 25.4 Å². The predicted octanol–water partition coefficient (Wildman–Crippen LogP) is 3.29. The third-order valence-electron chi connectivity index (χ3n) is 8.76. The maximum Gasteiger partial charge on any atom is 0.264 e. The fourth-order valence-corrected chi connectivity index (χ4v) is 7.65. The number of anilines is 1. The number of hydrogen-bond donors (Lipinski definition) is 2. The number of amides is 1. The Bertz CT molecular complexity index is 1350. The molecule has 2 aliphatic heterocycles. The molecule has 204 valence electrons. The molecule has 0 saturated heterocycles. The van der Waals surface area contributed by atoms with Crippen LogP contribution in [0.3, 0.4) is 0 Å². The van der Waals surface area contributed by atoms with Gasteiger partial charge in [-0.15, -0.1) is 0 Å². The second kappa shape index (κ2) is 10.0. The lowest BCUT2D eigenvalue weighted by atomic mass is 9.68. The van der Waals surface area contributed by atoms with Gasteiger partial charge in [0.1, 0.15) is 5.75 Å². The zero-order valence-corrected chi connectivity index (χ0v) is 22.8. The Hall–Kier alpha value is -2.33. The topological polar surface area (TPSA) is 105 Å². The van der Waals surface area contributed by atoms with Crippen molar-refractivity contribution >= 4 is 33.2 Å². The van der Waals surface area contributed by atoms with E-state index in [-0.39, 0.29) is 41.8 Å². The smallest absolute Gasteiger partial charge is 0.264 e. The first-order valence-electron chi connectivity index (χ1n) is 13.3. The van der Waals surface area contributed by atoms with Crippen molar-refractivity contribution in [1.29, 1.82) is 0 Å². The maximum absolute atomic E-state index is 13.0. The molecule has 2 aliphatic carbocycles. The molecule has 6 rings (SSSR count). The normalized spacial score (nSPS) is 30.8. The monoisotopic (exact) mass is 560 g/mol. The highest BCUT2D eigenvalue weighted by Crippen LogP contribution is 2.46. The first-order valence-corrected chi connectivity index (χ1v) is 15.4. The second-order valence-corrected chi connectivity index (χ2v) is 13.5. The van der Waals surface area contributed by atoms with Crippen molar-refractivity contribution in [2.75, 3.05) is 43.6 Å². The van der Waals surface area contributed by atoms with Gasteiger partial charge in [-0.3, -0.25) is 4.79 Å². The number of benzene rings is 2. The average molecular weight is 561 g/mol. The highest BCUT2D eigenvalue weighted by molar-refractivity contribution is 7.90. The molecule has 1 fully saturated rings. The molecule has 1 amide bonds. The Morgan fingerprint density at radius 1 is 1.16 bits per heavy atom. The number of nitrogens with one attached hydrogen (secondary N) is 1. The van der Waals surface area contributed by atoms with Crippen LogP contribution in [0, 0.1) is 11.8 Å². The van der Waals surface area contributed by atoms with Crippen LogP contribution in [0.1, 0.15) is 47.2 Å². The zero-order valence-electron chi connectivity index (χ0n) is 21.2. The number of rotatable bonds is 0. The fraction of sp³-hybridized carbons (Fsp3) is 0.536. The summed E-state index contributed by atoms with van der Waals surface area (Å²) in [5.74, 6) is -0.0461. The molecule has 4 aliphatic rings. The molecular weight excluding hydrogens is 528 g/mol. The first kappa shape index (κ1) is 25.9. The van der Waals surface area contributed by atoms with E-state index in [1.807, 2.05) is 6.07 Å². The molecule has 4 atom stereocenters. The molecular formula is C28H33ClN2O6S. The molecule has 1 spiro atoms. The van der Waals surface area contributed by atoms with Crippen molar-refractivity contribution in [3.05, 3.63) is 58.1 Å². The van der Waals surface area contributed by atoms with Gasteiger partial charge in [-0.25, -0.2) is 13.1 Å². The Morgan fingerprint density at radius 3 is 2.84 bits per heavy atom. The van der Waals surface area contributed by atoms with Crippen molar-refractivity contribution < 1.29 is 27.8 Å². The molecule has 2 aromatic carbocycles. The van der Waals surface area contributed by atoms with Gasteiger partial charge in [0.15, 0.2) is 0 Å². The number of aliphatic hydroxyl groups excluding tert-OH is 1. The summed E-state index contributed by atoms with van der Waals surface area (Å²) in [5, 5.41) is 11.6. The van der Waals surface area contributed by atoms with Crippen LogP contribution in [0.4, 0.5) is 5.69 Å². The molecule has 0 unspecified atom stereocenters. The number of hydrogen-bond acceptors (Lipinski definition) is 7. The van der Waals surface area contributed by atoms with Crippen molar-refractivity contribution in [1.82, 2.24) is 4.72 Å². The fourth-order valence-electron chi connectivity index (χ4n) is 6.61. The zero-order chi connectivity index (χ0) is 26.5. The second-order valence-electron chi connectivity index (χ2n) is 11.2. The van der Waals surface area contributed by atoms with E-state index in [2.05, 4.69) is 21.8 Å². The van der Waals surface area contributed by atoms with Gasteiger partial charge in [0.05, 0.1) is 37.4 Å². The minimum Gasteiger partial charge on any atom is -0.490 e. The number of halogens is 1. The van der Waals surface area contributed by atoms with E-state index in [1.165, 1.54) is 11.1 Å². The van der Waals surface area contributed by atoms with E-state index < -0.39 is 22.0 Å². The summed E-state index contributed by atoms with van der Waals surface area (Å²) in [4.78, 5) is 15.3. The standard InChI is InChI=1S/C28H33ClN2O6S/c29-21-5-7-23-18(12-21)2-1-9-28(23)16-31-14-20-3-6-22(20)25(32)15-36-10-11-38(34,35)30-27(33)19-4-8-26(37-17-28)24(31)13-19/h4-5,7-8,12-13,20,22,25,32H,1-3,6,9-11,14-17H2,(H,30,33)/t20-,22+,25-,28-/m0/s1. The van der Waals surface area contributed by atoms with Gasteiger partial charge in [0.2, 0.25) is 10.0 Å². The van der Waals surface area contributed by atoms with Crippen LogP contribution in [0.15, 0.2) is 36.4 Å². The number of nitrogens with zero attached hydrogens (tertiary/aromatic N) is 1. The molecule has 2 bridgehead atoms. The lowest BCUT2D eigenvalue weighted by Crippen LogP contribution is -2.50. The first-order chi connectivity index (χ1) is 18.2. The van der Waals surface area contributed by atoms with E-state index >= 15 is 0 Å². The highest BCUT2D eigenvalue weighted by Gasteiger charge is 2.44. The quantitative estimate of drug-likeness (QED) is 0.509. The summed E-state index contributed by atoms with van der Waals surface area (Å²) >= 11 is 6.35. The molecule has 8 nitrogen and oxygen atoms in total. The number of ether oxygens (including phenoxy) is 2. The van der Waals surface area contributed by atoms with Crippen molar-refractivity contribution in [2.45, 2.75) is 43.6 Å². The van der Waals surface area contributed by atoms with E-state index in [0.717, 1.165) is 42.8 Å². The third kappa shape index (κ3) is 4.90. The third-order valence-corrected chi connectivity index (χ3v) is 10.2. The summed E-state index contributed by atoms with van der Waals surface area (Å²) in [6, 6.07) is 11.2. The molecule has 38 heavy (non-hydrogen) atoms. The van der Waals surface area contributed by atoms with Crippen LogP contribution in [-0.2, 0) is 26.6 Å². The summed E-state index contributed by atoms with van der Waals surface area (Å²) in [6.07, 6.45) is 4.17. The van der Waals surface area contributed by atoms with Crippen molar-refractivity contribution in [2.24, 2.45) is 11.8 Å². The lowest BCUT2D eigenvalue weighted by molar-refractivity contribution is -0.0392.